The molecule has 1 aromatic carbocycles. The Kier molecular flexibility index (Phi) is 5.17. The smallest absolute Gasteiger partial charge is 0.326 e. The van der Waals surface area contributed by atoms with E-state index in [-0.39, 0.29) is 11.4 Å². The first-order valence-corrected chi connectivity index (χ1v) is 5.62. The summed E-state index contributed by atoms with van der Waals surface area (Å²) in [6.45, 7) is 0. The molecule has 21 heavy (non-hydrogen) atoms. The Hall–Kier alpha value is -3.17. The van der Waals surface area contributed by atoms with Crippen LogP contribution in [0, 0.1) is 10.1 Å². The fourth-order valence-corrected chi connectivity index (χ4v) is 1.39. The van der Waals surface area contributed by atoms with Gasteiger partial charge in [0.25, 0.3) is 5.69 Å². The molecule has 0 bridgehead atoms. The first kappa shape index (κ1) is 15.9. The molecular weight excluding hydrogens is 284 g/mol. The third-order valence-electron chi connectivity index (χ3n) is 2.34. The molecule has 112 valence electrons. The molecule has 0 aromatic heterocycles. The number of carbonyl (C=O) groups excluding carboxylic acids is 2. The number of nitro benzene ring substituents is 1. The minimum atomic E-state index is -1.46. The Bertz CT molecular complexity index is 571. The van der Waals surface area contributed by atoms with Crippen LogP contribution in [-0.2, 0) is 9.59 Å². The zero-order valence-electron chi connectivity index (χ0n) is 10.6. The fourth-order valence-electron chi connectivity index (χ4n) is 1.39. The molecule has 1 atom stereocenters. The van der Waals surface area contributed by atoms with E-state index in [1.165, 1.54) is 24.3 Å². The maximum atomic E-state index is 11.6. The number of carboxylic acid groups (broad SMARTS) is 1. The monoisotopic (exact) mass is 296 g/mol. The van der Waals surface area contributed by atoms with E-state index in [4.69, 9.17) is 10.8 Å². The van der Waals surface area contributed by atoms with Crippen molar-refractivity contribution in [2.45, 2.75) is 12.5 Å². The number of nitrogens with two attached hydrogens (primary N) is 1. The van der Waals surface area contributed by atoms with Gasteiger partial charge in [-0.2, -0.15) is 0 Å². The van der Waals surface area contributed by atoms with Gasteiger partial charge in [-0.05, 0) is 12.1 Å². The normalized spacial score (nSPS) is 11.2. The summed E-state index contributed by atoms with van der Waals surface area (Å²) in [6.07, 6.45) is -0.553. The molecule has 10 heteroatoms. The molecule has 3 amide bonds. The van der Waals surface area contributed by atoms with Crippen LogP contribution < -0.4 is 16.4 Å². The Balaban J connectivity index is 2.65. The predicted octanol–water partition coefficient (Wildman–Crippen LogP) is 0.0449. The lowest BCUT2D eigenvalue weighted by Gasteiger charge is -2.13. The van der Waals surface area contributed by atoms with Gasteiger partial charge in [0.05, 0.1) is 11.3 Å². The van der Waals surface area contributed by atoms with E-state index in [2.05, 4.69) is 5.32 Å². The number of benzene rings is 1. The molecule has 0 aliphatic rings. The lowest BCUT2D eigenvalue weighted by molar-refractivity contribution is -0.384. The van der Waals surface area contributed by atoms with Crippen molar-refractivity contribution >= 4 is 29.3 Å². The van der Waals surface area contributed by atoms with Crippen molar-refractivity contribution in [3.8, 4) is 0 Å². The van der Waals surface area contributed by atoms with Crippen LogP contribution in [0.4, 0.5) is 16.2 Å². The van der Waals surface area contributed by atoms with Gasteiger partial charge < -0.3 is 21.5 Å². The van der Waals surface area contributed by atoms with Crippen LogP contribution in [0.15, 0.2) is 24.3 Å². The van der Waals surface area contributed by atoms with E-state index in [1.54, 1.807) is 0 Å². The van der Waals surface area contributed by atoms with Crippen LogP contribution in [0.2, 0.25) is 0 Å². The number of hydrogen-bond acceptors (Lipinski definition) is 5. The van der Waals surface area contributed by atoms with Crippen molar-refractivity contribution in [1.29, 1.82) is 0 Å². The SMILES string of the molecule is NC(=O)C[C@@H](NC(=O)Nc1ccc([N+](=O)[O-])cc1)C(=O)O. The number of nitrogens with zero attached hydrogens (tertiary/aromatic N) is 1. The number of carboxylic acids is 1. The minimum absolute atomic E-state index is 0.155. The summed E-state index contributed by atoms with van der Waals surface area (Å²) in [5.41, 5.74) is 4.94. The molecule has 10 nitrogen and oxygen atoms in total. The van der Waals surface area contributed by atoms with Crippen molar-refractivity contribution in [3.63, 3.8) is 0 Å². The van der Waals surface area contributed by atoms with Crippen LogP contribution in [0.1, 0.15) is 6.42 Å². The molecule has 0 fully saturated rings. The Labute approximate surface area is 118 Å². The number of aliphatic carboxylic acids is 1. The van der Waals surface area contributed by atoms with E-state index in [1.807, 2.05) is 5.32 Å². The number of urea groups is 1. The number of nitro groups is 1. The molecule has 1 aromatic rings. The lowest BCUT2D eigenvalue weighted by atomic mass is 10.2. The van der Waals surface area contributed by atoms with Crippen molar-refractivity contribution in [3.05, 3.63) is 34.4 Å². The van der Waals surface area contributed by atoms with E-state index in [0.29, 0.717) is 0 Å². The number of primary amides is 1. The summed E-state index contributed by atoms with van der Waals surface area (Å²) >= 11 is 0. The van der Waals surface area contributed by atoms with Crippen molar-refractivity contribution in [2.75, 3.05) is 5.32 Å². The Morgan fingerprint density at radius 1 is 1.29 bits per heavy atom. The zero-order chi connectivity index (χ0) is 16.0. The standard InChI is InChI=1S/C11H12N4O6/c12-9(16)5-8(10(17)18)14-11(19)13-6-1-3-7(4-2-6)15(20)21/h1-4,8H,5H2,(H2,12,16)(H,17,18)(H2,13,14,19)/t8-/m1/s1. The van der Waals surface area contributed by atoms with Crippen LogP contribution in [0.5, 0.6) is 0 Å². The van der Waals surface area contributed by atoms with Crippen LogP contribution in [0.25, 0.3) is 0 Å². The summed E-state index contributed by atoms with van der Waals surface area (Å²) in [5, 5.41) is 23.6. The molecule has 0 aliphatic carbocycles. The highest BCUT2D eigenvalue weighted by molar-refractivity contribution is 5.93. The number of rotatable bonds is 6. The molecule has 0 aliphatic heterocycles. The zero-order valence-corrected chi connectivity index (χ0v) is 10.6. The number of anilines is 1. The van der Waals surface area contributed by atoms with Crippen molar-refractivity contribution in [2.24, 2.45) is 5.73 Å². The van der Waals surface area contributed by atoms with E-state index in [9.17, 15) is 24.5 Å². The van der Waals surface area contributed by atoms with Gasteiger partial charge in [0.2, 0.25) is 5.91 Å². The second kappa shape index (κ2) is 6.84. The van der Waals surface area contributed by atoms with Gasteiger partial charge in [0, 0.05) is 17.8 Å². The molecule has 1 rings (SSSR count). The molecule has 0 radical (unpaired) electrons. The average Bonchev–Trinajstić information content (AvgIpc) is 2.37. The molecule has 0 heterocycles. The number of non-ortho nitro benzene ring substituents is 1. The van der Waals surface area contributed by atoms with Gasteiger partial charge in [0.15, 0.2) is 0 Å². The Morgan fingerprint density at radius 2 is 1.86 bits per heavy atom. The van der Waals surface area contributed by atoms with Crippen LogP contribution >= 0.6 is 0 Å². The van der Waals surface area contributed by atoms with Gasteiger partial charge in [-0.3, -0.25) is 14.9 Å². The maximum absolute atomic E-state index is 11.6. The summed E-state index contributed by atoms with van der Waals surface area (Å²) in [5.74, 6) is -2.29. The second-order valence-electron chi connectivity index (χ2n) is 3.96. The van der Waals surface area contributed by atoms with E-state index >= 15 is 0 Å². The van der Waals surface area contributed by atoms with Gasteiger partial charge in [-0.1, -0.05) is 0 Å². The fraction of sp³-hybridized carbons (Fsp3) is 0.182. The highest BCUT2D eigenvalue weighted by Gasteiger charge is 2.22. The maximum Gasteiger partial charge on any atom is 0.326 e. The predicted molar refractivity (Wildman–Crippen MR) is 70.5 cm³/mol. The Morgan fingerprint density at radius 3 is 2.29 bits per heavy atom. The first-order valence-electron chi connectivity index (χ1n) is 5.62. The minimum Gasteiger partial charge on any atom is -0.480 e. The topological polar surface area (TPSA) is 165 Å². The summed E-state index contributed by atoms with van der Waals surface area (Å²) in [4.78, 5) is 42.9. The van der Waals surface area contributed by atoms with Gasteiger partial charge >= 0.3 is 12.0 Å². The van der Waals surface area contributed by atoms with Gasteiger partial charge in [-0.15, -0.1) is 0 Å². The number of hydrogen-bond donors (Lipinski definition) is 4. The third-order valence-corrected chi connectivity index (χ3v) is 2.34. The summed E-state index contributed by atoms with van der Waals surface area (Å²) in [7, 11) is 0. The molecule has 5 N–H and O–H groups in total. The number of carbonyl (C=O) groups is 3. The lowest BCUT2D eigenvalue weighted by Crippen LogP contribution is -2.45. The van der Waals surface area contributed by atoms with Crippen molar-refractivity contribution in [1.82, 2.24) is 5.32 Å². The molecule has 0 spiro atoms. The second-order valence-corrected chi connectivity index (χ2v) is 3.96. The quantitative estimate of drug-likeness (QED) is 0.427. The van der Waals surface area contributed by atoms with Crippen molar-refractivity contribution < 1.29 is 24.4 Å². The average molecular weight is 296 g/mol. The first-order chi connectivity index (χ1) is 9.79. The molecule has 0 saturated heterocycles. The van der Waals surface area contributed by atoms with Crippen LogP contribution in [-0.4, -0.2) is 34.0 Å². The van der Waals surface area contributed by atoms with Gasteiger partial charge in [0.1, 0.15) is 6.04 Å². The highest BCUT2D eigenvalue weighted by Crippen LogP contribution is 2.15. The molecule has 0 saturated carbocycles. The van der Waals surface area contributed by atoms with E-state index < -0.39 is 35.3 Å². The number of nitrogens with one attached hydrogen (secondary N) is 2. The molecular formula is C11H12N4O6. The highest BCUT2D eigenvalue weighted by atomic mass is 16.6. The van der Waals surface area contributed by atoms with Crippen LogP contribution in [0.3, 0.4) is 0 Å². The summed E-state index contributed by atoms with van der Waals surface area (Å²) < 4.78 is 0. The third kappa shape index (κ3) is 5.14. The van der Waals surface area contributed by atoms with Gasteiger partial charge in [-0.25, -0.2) is 9.59 Å². The largest absolute Gasteiger partial charge is 0.480 e. The number of amides is 3. The molecule has 0 unspecified atom stereocenters. The van der Waals surface area contributed by atoms with E-state index in [0.717, 1.165) is 0 Å². The summed E-state index contributed by atoms with van der Waals surface area (Å²) in [6, 6.07) is 2.57.